The standard InChI is InChI=1S/CH3NO3S.Cs.H/c2-1-5-6(3)4;;/h1-2,6H;;. The SMILES string of the molecule is N=CO[SH](=O)=O.[CsH]. The van der Waals surface area contributed by atoms with Crippen molar-refractivity contribution in [2.45, 2.75) is 0 Å². The van der Waals surface area contributed by atoms with Gasteiger partial charge in [-0.05, 0) is 0 Å². The van der Waals surface area contributed by atoms with E-state index in [0.29, 0.717) is 6.40 Å². The van der Waals surface area contributed by atoms with Crippen molar-refractivity contribution in [2.75, 3.05) is 0 Å². The average molecular weight is 243 g/mol. The summed E-state index contributed by atoms with van der Waals surface area (Å²) < 4.78 is 22.1. The molecular formula is CH4CsNO3S. The van der Waals surface area contributed by atoms with E-state index in [1.165, 1.54) is 0 Å². The predicted molar refractivity (Wildman–Crippen MR) is 27.3 cm³/mol. The number of nitrogens with one attached hydrogen (secondary N) is 1. The van der Waals surface area contributed by atoms with Gasteiger partial charge in [0.05, 0.1) is 0 Å². The fraction of sp³-hybridized carbons (Fsp3) is 0. The number of thiol groups is 1. The molecule has 4 nitrogen and oxygen atoms in total. The maximum atomic E-state index is 9.26. The summed E-state index contributed by atoms with van der Waals surface area (Å²) in [5.74, 6) is 0. The molecule has 0 aromatic heterocycles. The van der Waals surface area contributed by atoms with Gasteiger partial charge in [0.2, 0.25) is 0 Å². The van der Waals surface area contributed by atoms with E-state index in [0.717, 1.165) is 0 Å². The third kappa shape index (κ3) is 11.2. The molecule has 0 saturated heterocycles. The zero-order chi connectivity index (χ0) is 4.99. The van der Waals surface area contributed by atoms with Gasteiger partial charge in [-0.15, -0.1) is 0 Å². The van der Waals surface area contributed by atoms with Crippen LogP contribution in [0.15, 0.2) is 0 Å². The van der Waals surface area contributed by atoms with Gasteiger partial charge in [-0.2, -0.15) is 8.42 Å². The zero-order valence-corrected chi connectivity index (χ0v) is 3.64. The Balaban J connectivity index is 0. The van der Waals surface area contributed by atoms with Crippen LogP contribution in [0.25, 0.3) is 0 Å². The summed E-state index contributed by atoms with van der Waals surface area (Å²) in [5.41, 5.74) is 0. The molecule has 0 radical (unpaired) electrons. The van der Waals surface area contributed by atoms with Crippen LogP contribution in [0.5, 0.6) is 0 Å². The van der Waals surface area contributed by atoms with Crippen LogP contribution in [0.4, 0.5) is 0 Å². The molecule has 0 saturated carbocycles. The number of hydrogen-bond acceptors (Lipinski definition) is 4. The molecule has 6 heteroatoms. The molecule has 38 valence electrons. The van der Waals surface area contributed by atoms with Crippen molar-refractivity contribution in [3.05, 3.63) is 0 Å². The maximum absolute atomic E-state index is 9.26. The van der Waals surface area contributed by atoms with Crippen molar-refractivity contribution in [2.24, 2.45) is 0 Å². The molecule has 0 aromatic carbocycles. The Morgan fingerprint density at radius 2 is 2.00 bits per heavy atom. The summed E-state index contributed by atoms with van der Waals surface area (Å²) in [4.78, 5) is 0. The molecular weight excluding hydrogens is 239 g/mol. The van der Waals surface area contributed by atoms with Crippen LogP contribution in [-0.4, -0.2) is 83.7 Å². The van der Waals surface area contributed by atoms with Crippen LogP contribution in [0, 0.1) is 5.41 Å². The molecule has 0 heterocycles. The summed E-state index contributed by atoms with van der Waals surface area (Å²) >= 11 is 0. The average Bonchev–Trinajstić information content (AvgIpc) is 1.35. The molecule has 0 bridgehead atoms. The van der Waals surface area contributed by atoms with E-state index in [-0.39, 0.29) is 68.9 Å². The second kappa shape index (κ2) is 7.47. The van der Waals surface area contributed by atoms with Crippen LogP contribution in [0.2, 0.25) is 0 Å². The van der Waals surface area contributed by atoms with Gasteiger partial charge in [-0.3, -0.25) is 5.41 Å². The summed E-state index contributed by atoms with van der Waals surface area (Å²) in [6.45, 7) is 0. The van der Waals surface area contributed by atoms with Crippen LogP contribution < -0.4 is 0 Å². The van der Waals surface area contributed by atoms with Gasteiger partial charge < -0.3 is 4.18 Å². The molecule has 0 fully saturated rings. The van der Waals surface area contributed by atoms with E-state index >= 15 is 0 Å². The van der Waals surface area contributed by atoms with Gasteiger partial charge in [-0.1, -0.05) is 0 Å². The van der Waals surface area contributed by atoms with Crippen LogP contribution in [0.1, 0.15) is 0 Å². The fourth-order valence-corrected chi connectivity index (χ4v) is 0.129. The summed E-state index contributed by atoms with van der Waals surface area (Å²) in [6, 6.07) is 0. The number of rotatable bonds is 2. The third-order valence-electron chi connectivity index (χ3n) is 0.139. The molecule has 0 unspecified atom stereocenters. The first kappa shape index (κ1) is 11.3. The van der Waals surface area contributed by atoms with Gasteiger partial charge in [0, 0.05) is 0 Å². The third-order valence-corrected chi connectivity index (χ3v) is 0.416. The first-order valence-electron chi connectivity index (χ1n) is 1.07. The fourth-order valence-electron chi connectivity index (χ4n) is 0.0430. The van der Waals surface area contributed by atoms with E-state index in [4.69, 9.17) is 5.41 Å². The van der Waals surface area contributed by atoms with Crippen molar-refractivity contribution >= 4 is 86.3 Å². The van der Waals surface area contributed by atoms with E-state index in [1.54, 1.807) is 0 Å². The molecule has 7 heavy (non-hydrogen) atoms. The van der Waals surface area contributed by atoms with E-state index < -0.39 is 11.0 Å². The Kier molecular flexibility index (Phi) is 12.1. The number of hydrogen-bond donors (Lipinski definition) is 2. The van der Waals surface area contributed by atoms with Crippen molar-refractivity contribution < 1.29 is 12.6 Å². The first-order valence-corrected chi connectivity index (χ1v) is 2.17. The first-order chi connectivity index (χ1) is 2.77. The molecule has 0 amide bonds. The van der Waals surface area contributed by atoms with E-state index in [2.05, 4.69) is 4.18 Å². The van der Waals surface area contributed by atoms with Gasteiger partial charge in [0.1, 0.15) is 0 Å². The second-order valence-electron chi connectivity index (χ2n) is 0.447. The topological polar surface area (TPSA) is 67.2 Å². The minimum absolute atomic E-state index is 0. The summed E-state index contributed by atoms with van der Waals surface area (Å²) in [5, 5.41) is 6.00. The molecule has 0 atom stereocenters. The summed E-state index contributed by atoms with van der Waals surface area (Å²) in [6.07, 6.45) is 0.353. The monoisotopic (exact) mass is 243 g/mol. The van der Waals surface area contributed by atoms with Crippen LogP contribution in [0.3, 0.4) is 0 Å². The van der Waals surface area contributed by atoms with Gasteiger partial charge in [0.15, 0.2) is 6.40 Å². The normalized spacial score (nSPS) is 7.00. The van der Waals surface area contributed by atoms with Crippen molar-refractivity contribution in [3.8, 4) is 0 Å². The van der Waals surface area contributed by atoms with Crippen LogP contribution >= 0.6 is 0 Å². The molecule has 0 rings (SSSR count). The zero-order valence-electron chi connectivity index (χ0n) is 2.75. The van der Waals surface area contributed by atoms with Gasteiger partial charge >= 0.3 is 68.9 Å². The molecule has 0 aromatic rings. The van der Waals surface area contributed by atoms with E-state index in [9.17, 15) is 8.42 Å². The van der Waals surface area contributed by atoms with Gasteiger partial charge in [-0.25, -0.2) is 0 Å². The molecule has 0 spiro atoms. The van der Waals surface area contributed by atoms with E-state index in [1.807, 2.05) is 0 Å². The summed E-state index contributed by atoms with van der Waals surface area (Å²) in [7, 11) is -2.84. The Morgan fingerprint density at radius 1 is 1.57 bits per heavy atom. The van der Waals surface area contributed by atoms with Crippen molar-refractivity contribution in [3.63, 3.8) is 0 Å². The predicted octanol–water partition coefficient (Wildman–Crippen LogP) is -1.51. The molecule has 0 aliphatic carbocycles. The Hall–Kier alpha value is 1.47. The van der Waals surface area contributed by atoms with Crippen LogP contribution in [-0.2, 0) is 15.2 Å². The quantitative estimate of drug-likeness (QED) is 0.352. The molecule has 0 aliphatic rings. The van der Waals surface area contributed by atoms with Crippen molar-refractivity contribution in [1.82, 2.24) is 0 Å². The Morgan fingerprint density at radius 3 is 2.00 bits per heavy atom. The Bertz CT molecular complexity index is 102. The van der Waals surface area contributed by atoms with Crippen molar-refractivity contribution in [1.29, 1.82) is 5.41 Å². The Labute approximate surface area is 102 Å². The van der Waals surface area contributed by atoms with Gasteiger partial charge in [0.25, 0.3) is 11.0 Å². The molecule has 0 aliphatic heterocycles. The second-order valence-corrected chi connectivity index (χ2v) is 1.10. The molecule has 1 N–H and O–H groups in total. The minimum atomic E-state index is -2.84.